The van der Waals surface area contributed by atoms with Crippen LogP contribution in [0.15, 0.2) is 18.3 Å². The Balaban J connectivity index is 2.05. The monoisotopic (exact) mass is 267 g/mol. The zero-order chi connectivity index (χ0) is 12.8. The summed E-state index contributed by atoms with van der Waals surface area (Å²) in [7, 11) is 0. The largest absolute Gasteiger partial charge is 0.515 e. The van der Waals surface area contributed by atoms with Gasteiger partial charge in [0.1, 0.15) is 0 Å². The van der Waals surface area contributed by atoms with Gasteiger partial charge in [0, 0.05) is 17.0 Å². The highest BCUT2D eigenvalue weighted by molar-refractivity contribution is 7.99. The molecule has 5 heteroatoms. The summed E-state index contributed by atoms with van der Waals surface area (Å²) < 4.78 is 10.1. The minimum absolute atomic E-state index is 0.374. The van der Waals surface area contributed by atoms with Crippen molar-refractivity contribution in [2.24, 2.45) is 0 Å². The van der Waals surface area contributed by atoms with E-state index in [1.807, 2.05) is 30.8 Å². The molecule has 1 saturated heterocycles. The van der Waals surface area contributed by atoms with Crippen molar-refractivity contribution in [3.63, 3.8) is 0 Å². The van der Waals surface area contributed by atoms with Gasteiger partial charge in [-0.05, 0) is 31.1 Å². The quantitative estimate of drug-likeness (QED) is 0.780. The maximum Gasteiger partial charge on any atom is 0.515 e. The molecule has 0 bridgehead atoms. The summed E-state index contributed by atoms with van der Waals surface area (Å²) in [6, 6.07) is 3.84. The first-order valence-corrected chi connectivity index (χ1v) is 7.27. The second-order valence-electron chi connectivity index (χ2n) is 4.10. The molecule has 1 aliphatic rings. The smallest absolute Gasteiger partial charge is 0.434 e. The van der Waals surface area contributed by atoms with Crippen LogP contribution in [0.2, 0.25) is 0 Å². The van der Waals surface area contributed by atoms with Crippen LogP contribution in [0, 0.1) is 0 Å². The molecule has 0 aromatic carbocycles. The van der Waals surface area contributed by atoms with Gasteiger partial charge in [-0.1, -0.05) is 13.0 Å². The van der Waals surface area contributed by atoms with E-state index in [-0.39, 0.29) is 0 Å². The third-order valence-corrected chi connectivity index (χ3v) is 4.10. The Labute approximate surface area is 111 Å². The van der Waals surface area contributed by atoms with Gasteiger partial charge in [0.05, 0.1) is 6.61 Å². The lowest BCUT2D eigenvalue weighted by Crippen LogP contribution is -2.13. The summed E-state index contributed by atoms with van der Waals surface area (Å²) >= 11 is 1.88. The Kier molecular flexibility index (Phi) is 4.87. The minimum Gasteiger partial charge on any atom is -0.434 e. The molecule has 0 N–H and O–H groups in total. The highest BCUT2D eigenvalue weighted by atomic mass is 32.2. The van der Waals surface area contributed by atoms with E-state index in [4.69, 9.17) is 9.47 Å². The van der Waals surface area contributed by atoms with Crippen LogP contribution < -0.4 is 4.74 Å². The van der Waals surface area contributed by atoms with Crippen molar-refractivity contribution in [1.82, 2.24) is 4.98 Å². The van der Waals surface area contributed by atoms with E-state index in [1.54, 1.807) is 6.20 Å². The van der Waals surface area contributed by atoms with Gasteiger partial charge in [-0.2, -0.15) is 11.8 Å². The summed E-state index contributed by atoms with van der Waals surface area (Å²) in [6.07, 6.45) is 4.05. The van der Waals surface area contributed by atoms with E-state index in [0.717, 1.165) is 24.2 Å². The Hall–Kier alpha value is -1.23. The van der Waals surface area contributed by atoms with Crippen LogP contribution in [-0.4, -0.2) is 23.5 Å². The van der Waals surface area contributed by atoms with Gasteiger partial charge in [-0.15, -0.1) is 0 Å². The molecule has 1 fully saturated rings. The molecule has 1 aromatic heterocycles. The molecule has 98 valence electrons. The van der Waals surface area contributed by atoms with E-state index < -0.39 is 6.16 Å². The van der Waals surface area contributed by atoms with E-state index in [1.165, 1.54) is 6.42 Å². The predicted molar refractivity (Wildman–Crippen MR) is 70.9 cm³/mol. The fourth-order valence-electron chi connectivity index (χ4n) is 1.85. The molecule has 0 spiro atoms. The third kappa shape index (κ3) is 3.38. The van der Waals surface area contributed by atoms with E-state index in [9.17, 15) is 4.79 Å². The molecule has 18 heavy (non-hydrogen) atoms. The molecule has 0 aliphatic carbocycles. The molecule has 0 saturated carbocycles. The van der Waals surface area contributed by atoms with Gasteiger partial charge in [0.25, 0.3) is 0 Å². The van der Waals surface area contributed by atoms with Crippen molar-refractivity contribution in [1.29, 1.82) is 0 Å². The summed E-state index contributed by atoms with van der Waals surface area (Å²) in [5.74, 6) is 1.54. The molecule has 1 atom stereocenters. The molecular weight excluding hydrogens is 250 g/mol. The second kappa shape index (κ2) is 6.64. The average molecular weight is 267 g/mol. The maximum atomic E-state index is 11.4. The molecule has 1 aromatic rings. The van der Waals surface area contributed by atoms with Gasteiger partial charge in [0.15, 0.2) is 0 Å². The highest BCUT2D eigenvalue weighted by Gasteiger charge is 2.23. The number of aromatic nitrogens is 1. The van der Waals surface area contributed by atoms with Crippen LogP contribution in [-0.2, 0) is 4.74 Å². The Morgan fingerprint density at radius 1 is 1.61 bits per heavy atom. The molecule has 2 heterocycles. The number of hydrogen-bond donors (Lipinski definition) is 0. The molecule has 4 nitrogen and oxygen atoms in total. The van der Waals surface area contributed by atoms with E-state index in [0.29, 0.717) is 17.7 Å². The SMILES string of the molecule is CCCOC(=O)Oc1ncccc1[C@H]1CCCS1. The van der Waals surface area contributed by atoms with E-state index >= 15 is 0 Å². The van der Waals surface area contributed by atoms with Gasteiger partial charge in [-0.3, -0.25) is 0 Å². The van der Waals surface area contributed by atoms with Crippen LogP contribution in [0.1, 0.15) is 37.0 Å². The van der Waals surface area contributed by atoms with Crippen LogP contribution in [0.4, 0.5) is 4.79 Å². The van der Waals surface area contributed by atoms with Gasteiger partial charge >= 0.3 is 6.16 Å². The standard InChI is InChI=1S/C13H17NO3S/c1-2-8-16-13(15)17-12-10(5-3-7-14-12)11-6-4-9-18-11/h3,5,7,11H,2,4,6,8-9H2,1H3/t11-/m1/s1. The summed E-state index contributed by atoms with van der Waals surface area (Å²) in [6.45, 7) is 2.31. The highest BCUT2D eigenvalue weighted by Crippen LogP contribution is 2.42. The van der Waals surface area contributed by atoms with Crippen LogP contribution in [0.3, 0.4) is 0 Å². The Bertz CT molecular complexity index is 405. The van der Waals surface area contributed by atoms with Crippen molar-refractivity contribution in [2.75, 3.05) is 12.4 Å². The molecule has 2 rings (SSSR count). The van der Waals surface area contributed by atoms with Crippen molar-refractivity contribution in [3.8, 4) is 5.88 Å². The van der Waals surface area contributed by atoms with Crippen LogP contribution in [0.25, 0.3) is 0 Å². The maximum absolute atomic E-state index is 11.4. The zero-order valence-corrected chi connectivity index (χ0v) is 11.2. The van der Waals surface area contributed by atoms with E-state index in [2.05, 4.69) is 4.98 Å². The number of pyridine rings is 1. The number of carbonyl (C=O) groups excluding carboxylic acids is 1. The van der Waals surface area contributed by atoms with Crippen molar-refractivity contribution < 1.29 is 14.3 Å². The van der Waals surface area contributed by atoms with Crippen molar-refractivity contribution in [3.05, 3.63) is 23.9 Å². The minimum atomic E-state index is -0.667. The fourth-order valence-corrected chi connectivity index (χ4v) is 3.16. The number of ether oxygens (including phenoxy) is 2. The first kappa shape index (κ1) is 13.2. The summed E-state index contributed by atoms with van der Waals surface area (Å²) in [5, 5.41) is 0.382. The number of thioether (sulfide) groups is 1. The molecule has 0 radical (unpaired) electrons. The number of nitrogens with zero attached hydrogens (tertiary/aromatic N) is 1. The van der Waals surface area contributed by atoms with Crippen molar-refractivity contribution in [2.45, 2.75) is 31.4 Å². The van der Waals surface area contributed by atoms with Crippen LogP contribution in [0.5, 0.6) is 5.88 Å². The van der Waals surface area contributed by atoms with Gasteiger partial charge in [0.2, 0.25) is 5.88 Å². The first-order valence-electron chi connectivity index (χ1n) is 6.22. The van der Waals surface area contributed by atoms with Gasteiger partial charge < -0.3 is 9.47 Å². The van der Waals surface area contributed by atoms with Crippen LogP contribution >= 0.6 is 11.8 Å². The van der Waals surface area contributed by atoms with Crippen molar-refractivity contribution >= 4 is 17.9 Å². The summed E-state index contributed by atoms with van der Waals surface area (Å²) in [4.78, 5) is 15.6. The fraction of sp³-hybridized carbons (Fsp3) is 0.538. The molecule has 1 aliphatic heterocycles. The molecule has 0 unspecified atom stereocenters. The Morgan fingerprint density at radius 3 is 3.22 bits per heavy atom. The number of hydrogen-bond acceptors (Lipinski definition) is 5. The lowest BCUT2D eigenvalue weighted by atomic mass is 10.1. The first-order chi connectivity index (χ1) is 8.81. The number of rotatable bonds is 4. The lowest BCUT2D eigenvalue weighted by molar-refractivity contribution is 0.0972. The zero-order valence-electron chi connectivity index (χ0n) is 10.4. The third-order valence-electron chi connectivity index (χ3n) is 2.68. The second-order valence-corrected chi connectivity index (χ2v) is 5.41. The normalized spacial score (nSPS) is 18.6. The molecule has 0 amide bonds. The molecular formula is C13H17NO3S. The Morgan fingerprint density at radius 2 is 2.50 bits per heavy atom. The number of carbonyl (C=O) groups is 1. The summed E-state index contributed by atoms with van der Waals surface area (Å²) in [5.41, 5.74) is 0.994. The topological polar surface area (TPSA) is 48.4 Å². The predicted octanol–water partition coefficient (Wildman–Crippen LogP) is 3.58. The van der Waals surface area contributed by atoms with Gasteiger partial charge in [-0.25, -0.2) is 9.78 Å². The average Bonchev–Trinajstić information content (AvgIpc) is 2.91. The lowest BCUT2D eigenvalue weighted by Gasteiger charge is -2.12.